The van der Waals surface area contributed by atoms with Crippen molar-refractivity contribution in [1.82, 2.24) is 44.7 Å². The van der Waals surface area contributed by atoms with E-state index in [-0.39, 0.29) is 28.8 Å². The number of nitrogens with zero attached hydrogens (tertiary/aromatic N) is 9. The Labute approximate surface area is 420 Å². The number of ether oxygens (including phenoxy) is 1. The van der Waals surface area contributed by atoms with E-state index in [1.54, 1.807) is 14.0 Å². The second kappa shape index (κ2) is 20.8. The Morgan fingerprint density at radius 3 is 1.42 bits per heavy atom. The summed E-state index contributed by atoms with van der Waals surface area (Å²) in [4.78, 5) is 23.3. The van der Waals surface area contributed by atoms with Gasteiger partial charge in [-0.25, -0.2) is 12.7 Å². The molecule has 0 aliphatic carbocycles. The molecule has 3 aromatic carbocycles. The van der Waals surface area contributed by atoms with Gasteiger partial charge in [-0.05, 0) is 67.5 Å². The third-order valence-corrected chi connectivity index (χ3v) is 16.8. The lowest BCUT2D eigenvalue weighted by Crippen LogP contribution is -2.56. The van der Waals surface area contributed by atoms with Crippen molar-refractivity contribution in [3.8, 4) is 0 Å². The van der Waals surface area contributed by atoms with Crippen molar-refractivity contribution in [3.63, 3.8) is 0 Å². The number of H-pyrrole nitrogens is 3. The van der Waals surface area contributed by atoms with Gasteiger partial charge in [0, 0.05) is 145 Å². The molecule has 0 bridgehead atoms. The highest BCUT2D eigenvalue weighted by molar-refractivity contribution is 7.88. The van der Waals surface area contributed by atoms with Gasteiger partial charge in [0.15, 0.2) is 0 Å². The van der Waals surface area contributed by atoms with Gasteiger partial charge in [0.05, 0.1) is 54.6 Å². The van der Waals surface area contributed by atoms with Gasteiger partial charge in [-0.3, -0.25) is 25.0 Å². The van der Waals surface area contributed by atoms with Crippen LogP contribution in [-0.4, -0.2) is 163 Å². The van der Waals surface area contributed by atoms with E-state index in [0.717, 1.165) is 128 Å². The van der Waals surface area contributed by atoms with E-state index in [0.29, 0.717) is 16.1 Å². The molecular formula is C49H67Cl3N12O4S. The summed E-state index contributed by atoms with van der Waals surface area (Å²) in [5, 5.41) is 26.8. The molecule has 3 N–H and O–H groups in total. The molecule has 7 heterocycles. The van der Waals surface area contributed by atoms with Gasteiger partial charge in [-0.15, -0.1) is 0 Å². The summed E-state index contributed by atoms with van der Waals surface area (Å²) < 4.78 is 30.8. The number of carbonyl (C=O) groups excluding carboxylic acids is 1. The van der Waals surface area contributed by atoms with Crippen LogP contribution in [0.15, 0.2) is 55.0 Å². The SMILES string of the molecule is CC(=O)N(C)C1CCN(c2cc(Cl)cc3[nH]ncc23)CC1(C)C.CN(C1CCN(c2cc(Cl)cc3[nH]ncc23)CC1(C)C)S(C)(=O)=O.Clc1cc(N2CCC(N3CCOCC3)CC2)c2cn[nH]c2c1. The second-order valence-electron chi connectivity index (χ2n) is 20.5. The number of halogens is 3. The number of hydrogen-bond acceptors (Lipinski definition) is 11. The maximum atomic E-state index is 11.9. The Balaban J connectivity index is 0.000000140. The van der Waals surface area contributed by atoms with Crippen LogP contribution in [0.2, 0.25) is 15.1 Å². The molecule has 374 valence electrons. The van der Waals surface area contributed by atoms with Crippen LogP contribution in [-0.2, 0) is 19.6 Å². The van der Waals surface area contributed by atoms with Crippen LogP contribution >= 0.6 is 34.8 Å². The summed E-state index contributed by atoms with van der Waals surface area (Å²) in [6, 6.07) is 12.6. The van der Waals surface area contributed by atoms with E-state index in [1.165, 1.54) is 29.1 Å². The van der Waals surface area contributed by atoms with E-state index in [1.807, 2.05) is 60.9 Å². The highest BCUT2D eigenvalue weighted by Crippen LogP contribution is 2.40. The van der Waals surface area contributed by atoms with Crippen molar-refractivity contribution in [1.29, 1.82) is 0 Å². The largest absolute Gasteiger partial charge is 0.379 e. The lowest BCUT2D eigenvalue weighted by atomic mass is 9.78. The van der Waals surface area contributed by atoms with Crippen LogP contribution in [0.5, 0.6) is 0 Å². The normalized spacial score (nSPS) is 21.3. The number of fused-ring (bicyclic) bond motifs is 3. The molecule has 2 unspecified atom stereocenters. The maximum Gasteiger partial charge on any atom is 0.219 e. The zero-order valence-corrected chi connectivity index (χ0v) is 44.1. The number of anilines is 3. The van der Waals surface area contributed by atoms with E-state index in [2.05, 4.69) is 84.0 Å². The average Bonchev–Trinajstić information content (AvgIpc) is 4.10. The highest BCUT2D eigenvalue weighted by atomic mass is 35.5. The Morgan fingerprint density at radius 2 is 1.03 bits per heavy atom. The highest BCUT2D eigenvalue weighted by Gasteiger charge is 2.42. The topological polar surface area (TPSA) is 166 Å². The van der Waals surface area contributed by atoms with Crippen LogP contribution in [0.25, 0.3) is 32.7 Å². The zero-order valence-electron chi connectivity index (χ0n) is 41.0. The van der Waals surface area contributed by atoms with Gasteiger partial charge < -0.3 is 24.3 Å². The van der Waals surface area contributed by atoms with Crippen molar-refractivity contribution in [2.24, 2.45) is 10.8 Å². The summed E-state index contributed by atoms with van der Waals surface area (Å²) in [5.74, 6) is 0.122. The number of hydrogen-bond donors (Lipinski definition) is 3. The molecule has 4 fully saturated rings. The fraction of sp³-hybridized carbons (Fsp3) is 0.551. The molecular weight excluding hydrogens is 959 g/mol. The van der Waals surface area contributed by atoms with Crippen molar-refractivity contribution in [2.75, 3.05) is 101 Å². The Hall–Kier alpha value is -4.36. The molecule has 0 spiro atoms. The van der Waals surface area contributed by atoms with Gasteiger partial charge in [0.25, 0.3) is 0 Å². The van der Waals surface area contributed by atoms with Gasteiger partial charge in [0.1, 0.15) is 0 Å². The Morgan fingerprint density at radius 1 is 0.638 bits per heavy atom. The van der Waals surface area contributed by atoms with Crippen molar-refractivity contribution in [3.05, 3.63) is 70.1 Å². The molecule has 4 aliphatic heterocycles. The first-order valence-electron chi connectivity index (χ1n) is 23.8. The molecule has 4 saturated heterocycles. The van der Waals surface area contributed by atoms with Crippen LogP contribution in [0.4, 0.5) is 17.1 Å². The maximum absolute atomic E-state index is 11.9. The Bertz CT molecular complexity index is 2850. The molecule has 1 amide bonds. The molecule has 0 saturated carbocycles. The lowest BCUT2D eigenvalue weighted by Gasteiger charge is -2.48. The zero-order chi connectivity index (χ0) is 49.4. The minimum atomic E-state index is -3.21. The number of piperidine rings is 3. The van der Waals surface area contributed by atoms with Gasteiger partial charge >= 0.3 is 0 Å². The first-order chi connectivity index (χ1) is 32.7. The van der Waals surface area contributed by atoms with Crippen molar-refractivity contribution in [2.45, 2.75) is 78.4 Å². The van der Waals surface area contributed by atoms with E-state index < -0.39 is 10.0 Å². The average molecular weight is 1030 g/mol. The fourth-order valence-corrected chi connectivity index (χ4v) is 12.6. The van der Waals surface area contributed by atoms with Crippen molar-refractivity contribution >= 4 is 101 Å². The number of carbonyl (C=O) groups is 1. The summed E-state index contributed by atoms with van der Waals surface area (Å²) >= 11 is 18.8. The van der Waals surface area contributed by atoms with E-state index in [4.69, 9.17) is 39.5 Å². The predicted octanol–water partition coefficient (Wildman–Crippen LogP) is 8.53. The van der Waals surface area contributed by atoms with Crippen LogP contribution in [0.1, 0.15) is 60.3 Å². The number of rotatable bonds is 7. The number of aromatic amines is 3. The monoisotopic (exact) mass is 1020 g/mol. The predicted molar refractivity (Wildman–Crippen MR) is 281 cm³/mol. The number of sulfonamides is 1. The van der Waals surface area contributed by atoms with E-state index >= 15 is 0 Å². The van der Waals surface area contributed by atoms with Crippen molar-refractivity contribution < 1.29 is 17.9 Å². The van der Waals surface area contributed by atoms with Gasteiger partial charge in [-0.2, -0.15) is 15.3 Å². The Kier molecular flexibility index (Phi) is 15.4. The number of nitrogens with one attached hydrogen (secondary N) is 3. The second-order valence-corrected chi connectivity index (χ2v) is 23.8. The first-order valence-corrected chi connectivity index (χ1v) is 26.8. The minimum Gasteiger partial charge on any atom is -0.379 e. The third kappa shape index (κ3) is 11.4. The third-order valence-electron chi connectivity index (χ3n) is 14.8. The summed E-state index contributed by atoms with van der Waals surface area (Å²) in [6.07, 6.45) is 10.9. The van der Waals surface area contributed by atoms with Gasteiger partial charge in [0.2, 0.25) is 15.9 Å². The lowest BCUT2D eigenvalue weighted by molar-refractivity contribution is -0.132. The number of morpholine rings is 1. The minimum absolute atomic E-state index is 0.00293. The molecule has 20 heteroatoms. The van der Waals surface area contributed by atoms with Gasteiger partial charge in [-0.1, -0.05) is 62.5 Å². The number of benzene rings is 3. The molecule has 4 aliphatic rings. The molecule has 69 heavy (non-hydrogen) atoms. The smallest absolute Gasteiger partial charge is 0.219 e. The summed E-state index contributed by atoms with van der Waals surface area (Å²) in [7, 11) is 0.363. The summed E-state index contributed by atoms with van der Waals surface area (Å²) in [6.45, 7) is 19.6. The van der Waals surface area contributed by atoms with Crippen LogP contribution in [0, 0.1) is 10.8 Å². The molecule has 16 nitrogen and oxygen atoms in total. The molecule has 10 rings (SSSR count). The number of aromatic nitrogens is 6. The molecule has 6 aromatic rings. The van der Waals surface area contributed by atoms with Crippen LogP contribution in [0.3, 0.4) is 0 Å². The quantitative estimate of drug-likeness (QED) is 0.140. The first kappa shape index (κ1) is 51.0. The molecule has 0 radical (unpaired) electrons. The fourth-order valence-electron chi connectivity index (χ4n) is 11.1. The molecule has 3 aromatic heterocycles. The molecule has 2 atom stereocenters. The standard InChI is InChI=1S/C17H23ClN4O.C16H23ClN4O2S.C16H21ClN4O/c1-11(23)21(4)16-5-6-22(10-17(16,2)3)15-8-12(18)7-14-13(15)9-19-20-14;1-16(2)10-21(6-5-15(16)20(3)24(4,22)23)14-8-11(17)7-13-12(14)9-18-19-13;17-12-9-15-14(11-18-19-15)16(10-12)21-3-1-13(2-4-21)20-5-7-22-8-6-20/h7-9,16H,5-6,10H2,1-4H3,(H,19,20);7-9,15H,5-6,10H2,1-4H3,(H,18,19);9-11,13H,1-8H2,(H,18,19). The number of amides is 1. The van der Waals surface area contributed by atoms with E-state index in [9.17, 15) is 13.2 Å². The van der Waals surface area contributed by atoms with Crippen LogP contribution < -0.4 is 14.7 Å². The summed E-state index contributed by atoms with van der Waals surface area (Å²) in [5.41, 5.74) is 6.04.